The lowest BCUT2D eigenvalue weighted by Crippen LogP contribution is -2.50. The molecule has 0 aliphatic heterocycles. The lowest BCUT2D eigenvalue weighted by molar-refractivity contribution is 0.156. The van der Waals surface area contributed by atoms with E-state index in [-0.39, 0.29) is 12.0 Å². The normalized spacial score (nSPS) is 24.2. The van der Waals surface area contributed by atoms with Crippen LogP contribution in [0.4, 0.5) is 0 Å². The molecule has 0 heterocycles. The van der Waals surface area contributed by atoms with Gasteiger partial charge in [0.2, 0.25) is 0 Å². The van der Waals surface area contributed by atoms with E-state index >= 15 is 0 Å². The van der Waals surface area contributed by atoms with E-state index in [1.54, 1.807) is 0 Å². The minimum absolute atomic E-state index is 0.205. The molecule has 1 aromatic carbocycles. The van der Waals surface area contributed by atoms with Gasteiger partial charge in [-0.15, -0.1) is 0 Å². The molecular weight excluding hydrogens is 246 g/mol. The van der Waals surface area contributed by atoms with Gasteiger partial charge in [0.15, 0.2) is 0 Å². The average Bonchev–Trinajstić information content (AvgIpc) is 2.32. The third kappa shape index (κ3) is 3.62. The molecule has 0 saturated heterocycles. The number of nitrogens with one attached hydrogen (secondary N) is 1. The van der Waals surface area contributed by atoms with E-state index in [0.717, 1.165) is 6.42 Å². The molecule has 0 aromatic heterocycles. The Labute approximate surface area is 123 Å². The molecule has 1 saturated carbocycles. The Balaban J connectivity index is 1.88. The molecule has 1 aliphatic rings. The quantitative estimate of drug-likeness (QED) is 0.860. The summed E-state index contributed by atoms with van der Waals surface area (Å²) >= 11 is 0. The van der Waals surface area contributed by atoms with Gasteiger partial charge in [0.05, 0.1) is 0 Å². The van der Waals surface area contributed by atoms with Crippen LogP contribution in [0.5, 0.6) is 0 Å². The predicted octanol–water partition coefficient (Wildman–Crippen LogP) is 3.63. The first-order valence-electron chi connectivity index (χ1n) is 7.84. The SMILES string of the molecule is Cc1ccccc1C1CC(NC(CCO)C(C)(C)C)C1. The van der Waals surface area contributed by atoms with Crippen LogP contribution in [0.3, 0.4) is 0 Å². The van der Waals surface area contributed by atoms with E-state index < -0.39 is 0 Å². The van der Waals surface area contributed by atoms with Gasteiger partial charge in [-0.3, -0.25) is 0 Å². The molecule has 1 unspecified atom stereocenters. The Bertz CT molecular complexity index is 429. The maximum Gasteiger partial charge on any atom is 0.0446 e. The molecule has 1 aromatic rings. The standard InChI is InChI=1S/C18H29NO/c1-13-7-5-6-8-16(13)14-11-15(12-14)19-17(9-10-20)18(2,3)4/h5-8,14-15,17,19-20H,9-12H2,1-4H3. The van der Waals surface area contributed by atoms with Gasteiger partial charge in [-0.1, -0.05) is 45.0 Å². The van der Waals surface area contributed by atoms with E-state index in [1.807, 2.05) is 0 Å². The highest BCUT2D eigenvalue weighted by atomic mass is 16.3. The number of hydrogen-bond acceptors (Lipinski definition) is 2. The number of aliphatic hydroxyl groups is 1. The summed E-state index contributed by atoms with van der Waals surface area (Å²) in [4.78, 5) is 0. The summed E-state index contributed by atoms with van der Waals surface area (Å²) < 4.78 is 0. The van der Waals surface area contributed by atoms with Gasteiger partial charge in [0, 0.05) is 18.7 Å². The molecule has 20 heavy (non-hydrogen) atoms. The Hall–Kier alpha value is -0.860. The maximum atomic E-state index is 9.23. The van der Waals surface area contributed by atoms with Crippen molar-refractivity contribution in [2.24, 2.45) is 5.41 Å². The minimum atomic E-state index is 0.205. The topological polar surface area (TPSA) is 32.3 Å². The molecule has 2 nitrogen and oxygen atoms in total. The first-order valence-corrected chi connectivity index (χ1v) is 7.84. The van der Waals surface area contributed by atoms with Crippen LogP contribution in [0.1, 0.15) is 57.1 Å². The van der Waals surface area contributed by atoms with Crippen molar-refractivity contribution in [1.82, 2.24) is 5.32 Å². The highest BCUT2D eigenvalue weighted by molar-refractivity contribution is 5.31. The molecule has 0 amide bonds. The van der Waals surface area contributed by atoms with Crippen LogP contribution in [-0.4, -0.2) is 23.8 Å². The van der Waals surface area contributed by atoms with Crippen LogP contribution in [0, 0.1) is 12.3 Å². The first kappa shape index (κ1) is 15.5. The first-order chi connectivity index (χ1) is 9.41. The third-order valence-electron chi connectivity index (χ3n) is 4.67. The molecular formula is C18H29NO. The minimum Gasteiger partial charge on any atom is -0.396 e. The zero-order valence-electron chi connectivity index (χ0n) is 13.3. The molecule has 1 aliphatic carbocycles. The monoisotopic (exact) mass is 275 g/mol. The molecule has 1 atom stereocenters. The van der Waals surface area contributed by atoms with Crippen molar-refractivity contribution >= 4 is 0 Å². The highest BCUT2D eigenvalue weighted by Crippen LogP contribution is 2.39. The van der Waals surface area contributed by atoms with E-state index in [0.29, 0.717) is 18.0 Å². The largest absolute Gasteiger partial charge is 0.396 e. The molecule has 112 valence electrons. The van der Waals surface area contributed by atoms with Crippen molar-refractivity contribution in [3.63, 3.8) is 0 Å². The van der Waals surface area contributed by atoms with Crippen LogP contribution in [0.25, 0.3) is 0 Å². The summed E-state index contributed by atoms with van der Waals surface area (Å²) in [6.45, 7) is 9.22. The number of rotatable bonds is 5. The molecule has 0 radical (unpaired) electrons. The van der Waals surface area contributed by atoms with Gasteiger partial charge in [-0.2, -0.15) is 0 Å². The van der Waals surface area contributed by atoms with Crippen molar-refractivity contribution in [2.75, 3.05) is 6.61 Å². The van der Waals surface area contributed by atoms with Crippen LogP contribution in [0.2, 0.25) is 0 Å². The fourth-order valence-electron chi connectivity index (χ4n) is 3.23. The van der Waals surface area contributed by atoms with Crippen molar-refractivity contribution in [1.29, 1.82) is 0 Å². The molecule has 2 heteroatoms. The van der Waals surface area contributed by atoms with Crippen LogP contribution >= 0.6 is 0 Å². The van der Waals surface area contributed by atoms with Crippen molar-refractivity contribution in [2.45, 2.75) is 65.0 Å². The zero-order valence-corrected chi connectivity index (χ0v) is 13.3. The van der Waals surface area contributed by atoms with Gasteiger partial charge in [-0.25, -0.2) is 0 Å². The van der Waals surface area contributed by atoms with Crippen molar-refractivity contribution in [3.8, 4) is 0 Å². The summed E-state index contributed by atoms with van der Waals surface area (Å²) in [5, 5.41) is 13.0. The third-order valence-corrected chi connectivity index (χ3v) is 4.67. The summed E-state index contributed by atoms with van der Waals surface area (Å²) in [5.74, 6) is 0.712. The van der Waals surface area contributed by atoms with E-state index in [1.165, 1.54) is 24.0 Å². The van der Waals surface area contributed by atoms with E-state index in [9.17, 15) is 5.11 Å². The fraction of sp³-hybridized carbons (Fsp3) is 0.667. The van der Waals surface area contributed by atoms with E-state index in [4.69, 9.17) is 0 Å². The number of hydrogen-bond donors (Lipinski definition) is 2. The maximum absolute atomic E-state index is 9.23. The molecule has 2 N–H and O–H groups in total. The Kier molecular flexibility index (Phi) is 4.87. The van der Waals surface area contributed by atoms with Crippen molar-refractivity contribution in [3.05, 3.63) is 35.4 Å². The van der Waals surface area contributed by atoms with Gasteiger partial charge in [0.1, 0.15) is 0 Å². The zero-order chi connectivity index (χ0) is 14.8. The summed E-state index contributed by atoms with van der Waals surface area (Å²) in [6, 6.07) is 9.74. The van der Waals surface area contributed by atoms with Crippen LogP contribution in [0.15, 0.2) is 24.3 Å². The Morgan fingerprint density at radius 2 is 1.90 bits per heavy atom. The van der Waals surface area contributed by atoms with Gasteiger partial charge in [-0.05, 0) is 48.6 Å². The second kappa shape index (κ2) is 6.28. The highest BCUT2D eigenvalue weighted by Gasteiger charge is 2.34. The van der Waals surface area contributed by atoms with Crippen LogP contribution < -0.4 is 5.32 Å². The number of benzene rings is 1. The summed E-state index contributed by atoms with van der Waals surface area (Å²) in [7, 11) is 0. The number of aryl methyl sites for hydroxylation is 1. The smallest absolute Gasteiger partial charge is 0.0446 e. The predicted molar refractivity (Wildman–Crippen MR) is 85.0 cm³/mol. The molecule has 2 rings (SSSR count). The van der Waals surface area contributed by atoms with Crippen LogP contribution in [-0.2, 0) is 0 Å². The lowest BCUT2D eigenvalue weighted by atomic mass is 9.73. The fourth-order valence-corrected chi connectivity index (χ4v) is 3.23. The number of aliphatic hydroxyl groups excluding tert-OH is 1. The molecule has 0 spiro atoms. The molecule has 0 bridgehead atoms. The summed E-state index contributed by atoms with van der Waals surface area (Å²) in [6.07, 6.45) is 3.29. The Morgan fingerprint density at radius 1 is 1.25 bits per heavy atom. The second-order valence-corrected chi connectivity index (χ2v) is 7.32. The van der Waals surface area contributed by atoms with E-state index in [2.05, 4.69) is 57.3 Å². The second-order valence-electron chi connectivity index (χ2n) is 7.32. The molecule has 1 fully saturated rings. The average molecular weight is 275 g/mol. The van der Waals surface area contributed by atoms with Gasteiger partial charge >= 0.3 is 0 Å². The summed E-state index contributed by atoms with van der Waals surface area (Å²) in [5.41, 5.74) is 3.13. The lowest BCUT2D eigenvalue weighted by Gasteiger charge is -2.42. The van der Waals surface area contributed by atoms with Gasteiger partial charge in [0.25, 0.3) is 0 Å². The Morgan fingerprint density at radius 3 is 2.45 bits per heavy atom. The van der Waals surface area contributed by atoms with Crippen molar-refractivity contribution < 1.29 is 5.11 Å². The van der Waals surface area contributed by atoms with Gasteiger partial charge < -0.3 is 10.4 Å².